The molecule has 1 fully saturated rings. The highest BCUT2D eigenvalue weighted by molar-refractivity contribution is 7.80. The van der Waals surface area contributed by atoms with E-state index in [1.807, 2.05) is 55.5 Å². The summed E-state index contributed by atoms with van der Waals surface area (Å²) in [6.45, 7) is 5.01. The van der Waals surface area contributed by atoms with Crippen LogP contribution in [0.25, 0.3) is 0 Å². The Morgan fingerprint density at radius 3 is 2.42 bits per heavy atom. The van der Waals surface area contributed by atoms with E-state index in [4.69, 9.17) is 21.7 Å². The molecule has 1 heterocycles. The third kappa shape index (κ3) is 5.03. The van der Waals surface area contributed by atoms with Gasteiger partial charge in [0.2, 0.25) is 0 Å². The number of morpholine rings is 1. The Morgan fingerprint density at radius 1 is 1.12 bits per heavy atom. The van der Waals surface area contributed by atoms with Crippen molar-refractivity contribution in [3.05, 3.63) is 59.7 Å². The largest absolute Gasteiger partial charge is 0.484 e. The summed E-state index contributed by atoms with van der Waals surface area (Å²) < 4.78 is 10.9. The smallest absolute Gasteiger partial charge is 0.262 e. The summed E-state index contributed by atoms with van der Waals surface area (Å²) in [5.74, 6) is 0.444. The van der Waals surface area contributed by atoms with Crippen LogP contribution < -0.4 is 10.1 Å². The Hall–Kier alpha value is -2.44. The van der Waals surface area contributed by atoms with Crippen LogP contribution in [0.3, 0.4) is 0 Å². The van der Waals surface area contributed by atoms with Gasteiger partial charge in [-0.3, -0.25) is 4.79 Å². The van der Waals surface area contributed by atoms with Crippen LogP contribution >= 0.6 is 12.2 Å². The van der Waals surface area contributed by atoms with E-state index in [0.29, 0.717) is 19.0 Å². The van der Waals surface area contributed by atoms with E-state index in [2.05, 4.69) is 10.2 Å². The van der Waals surface area contributed by atoms with Gasteiger partial charge in [0.15, 0.2) is 6.61 Å². The zero-order valence-electron chi connectivity index (χ0n) is 14.7. The fourth-order valence-electron chi connectivity index (χ4n) is 2.63. The highest BCUT2D eigenvalue weighted by Crippen LogP contribution is 2.15. The Labute approximate surface area is 158 Å². The first kappa shape index (κ1) is 18.4. The van der Waals surface area contributed by atoms with Gasteiger partial charge in [0.1, 0.15) is 10.7 Å². The van der Waals surface area contributed by atoms with E-state index in [1.54, 1.807) is 0 Å². The van der Waals surface area contributed by atoms with E-state index in [9.17, 15) is 4.79 Å². The molecule has 6 heteroatoms. The maximum absolute atomic E-state index is 12.0. The van der Waals surface area contributed by atoms with Crippen molar-refractivity contribution < 1.29 is 14.3 Å². The summed E-state index contributed by atoms with van der Waals surface area (Å²) in [4.78, 5) is 14.9. The molecule has 1 saturated heterocycles. The average Bonchev–Trinajstić information content (AvgIpc) is 2.69. The number of ether oxygens (including phenoxy) is 2. The minimum Gasteiger partial charge on any atom is -0.484 e. The molecular formula is C20H22N2O3S. The molecule has 0 radical (unpaired) electrons. The van der Waals surface area contributed by atoms with Crippen LogP contribution in [0.1, 0.15) is 11.1 Å². The molecule has 1 N–H and O–H groups in total. The lowest BCUT2D eigenvalue weighted by atomic mass is 10.2. The van der Waals surface area contributed by atoms with Crippen LogP contribution in [-0.4, -0.2) is 48.7 Å². The van der Waals surface area contributed by atoms with Crippen LogP contribution in [0.5, 0.6) is 5.75 Å². The first-order valence-corrected chi connectivity index (χ1v) is 8.99. The summed E-state index contributed by atoms with van der Waals surface area (Å²) in [5, 5.41) is 2.81. The summed E-state index contributed by atoms with van der Waals surface area (Å²) in [6.07, 6.45) is 0. The minimum atomic E-state index is -0.193. The van der Waals surface area contributed by atoms with E-state index in [-0.39, 0.29) is 12.5 Å². The van der Waals surface area contributed by atoms with Gasteiger partial charge in [-0.05, 0) is 43.3 Å². The molecule has 136 valence electrons. The van der Waals surface area contributed by atoms with Crippen LogP contribution in [0.15, 0.2) is 48.5 Å². The van der Waals surface area contributed by atoms with Gasteiger partial charge in [-0.25, -0.2) is 0 Å². The number of hydrogen-bond donors (Lipinski definition) is 1. The quantitative estimate of drug-likeness (QED) is 0.820. The number of carbonyl (C=O) groups is 1. The van der Waals surface area contributed by atoms with Crippen molar-refractivity contribution in [1.82, 2.24) is 4.90 Å². The number of thiocarbonyl (C=S) groups is 1. The van der Waals surface area contributed by atoms with Gasteiger partial charge in [0.05, 0.1) is 13.2 Å². The molecule has 1 aliphatic heterocycles. The van der Waals surface area contributed by atoms with Crippen molar-refractivity contribution in [2.75, 3.05) is 38.2 Å². The first-order valence-electron chi connectivity index (χ1n) is 8.58. The predicted octanol–water partition coefficient (Wildman–Crippen LogP) is 3.02. The van der Waals surface area contributed by atoms with Crippen molar-refractivity contribution in [2.45, 2.75) is 6.92 Å². The number of nitrogens with one attached hydrogen (secondary N) is 1. The molecule has 0 unspecified atom stereocenters. The number of hydrogen-bond acceptors (Lipinski definition) is 4. The number of carbonyl (C=O) groups excluding carboxylic acids is 1. The number of rotatable bonds is 5. The van der Waals surface area contributed by atoms with E-state index in [1.165, 1.54) is 0 Å². The molecule has 1 amide bonds. The van der Waals surface area contributed by atoms with Crippen LogP contribution in [0.2, 0.25) is 0 Å². The van der Waals surface area contributed by atoms with Gasteiger partial charge in [-0.1, -0.05) is 29.9 Å². The third-order valence-electron chi connectivity index (χ3n) is 4.10. The summed E-state index contributed by atoms with van der Waals surface area (Å²) in [7, 11) is 0. The van der Waals surface area contributed by atoms with Gasteiger partial charge in [0.25, 0.3) is 5.91 Å². The lowest BCUT2D eigenvalue weighted by molar-refractivity contribution is -0.118. The van der Waals surface area contributed by atoms with Gasteiger partial charge in [0, 0.05) is 24.3 Å². The standard InChI is InChI=1S/C20H22N2O3S/c1-15-2-6-17(7-3-15)21-19(23)14-25-18-8-4-16(5-9-18)20(26)22-10-12-24-13-11-22/h2-9H,10-14H2,1H3,(H,21,23). The molecule has 0 saturated carbocycles. The first-order chi connectivity index (χ1) is 12.6. The number of aryl methyl sites for hydroxylation is 1. The molecule has 1 aliphatic rings. The van der Waals surface area contributed by atoms with E-state index in [0.717, 1.165) is 34.9 Å². The molecule has 0 atom stereocenters. The Morgan fingerprint density at radius 2 is 1.77 bits per heavy atom. The zero-order chi connectivity index (χ0) is 18.4. The van der Waals surface area contributed by atoms with E-state index < -0.39 is 0 Å². The number of anilines is 1. The maximum Gasteiger partial charge on any atom is 0.262 e. The fourth-order valence-corrected chi connectivity index (χ4v) is 2.94. The lowest BCUT2D eigenvalue weighted by Crippen LogP contribution is -2.40. The number of benzene rings is 2. The van der Waals surface area contributed by atoms with Gasteiger partial charge in [-0.15, -0.1) is 0 Å². The van der Waals surface area contributed by atoms with Gasteiger partial charge in [-0.2, -0.15) is 0 Å². The molecule has 0 aliphatic carbocycles. The number of amides is 1. The molecule has 3 rings (SSSR count). The predicted molar refractivity (Wildman–Crippen MR) is 106 cm³/mol. The highest BCUT2D eigenvalue weighted by Gasteiger charge is 2.15. The van der Waals surface area contributed by atoms with E-state index >= 15 is 0 Å². The Kier molecular flexibility index (Phi) is 6.20. The minimum absolute atomic E-state index is 0.0405. The molecule has 5 nitrogen and oxygen atoms in total. The highest BCUT2D eigenvalue weighted by atomic mass is 32.1. The Bertz CT molecular complexity index is 754. The van der Waals surface area contributed by atoms with Gasteiger partial charge < -0.3 is 19.7 Å². The summed E-state index contributed by atoms with van der Waals surface area (Å²) >= 11 is 5.54. The van der Waals surface area contributed by atoms with Crippen LogP contribution in [0.4, 0.5) is 5.69 Å². The van der Waals surface area contributed by atoms with Crippen molar-refractivity contribution >= 4 is 28.8 Å². The second kappa shape index (κ2) is 8.78. The van der Waals surface area contributed by atoms with Gasteiger partial charge >= 0.3 is 0 Å². The molecule has 26 heavy (non-hydrogen) atoms. The molecular weight excluding hydrogens is 348 g/mol. The third-order valence-corrected chi connectivity index (χ3v) is 4.60. The SMILES string of the molecule is Cc1ccc(NC(=O)COc2ccc(C(=S)N3CCOCC3)cc2)cc1. The molecule has 2 aromatic carbocycles. The van der Waals surface area contributed by atoms with Crippen molar-refractivity contribution in [3.8, 4) is 5.75 Å². The molecule has 0 spiro atoms. The topological polar surface area (TPSA) is 50.8 Å². The fraction of sp³-hybridized carbons (Fsp3) is 0.300. The normalized spacial score (nSPS) is 14.0. The van der Waals surface area contributed by atoms with Crippen molar-refractivity contribution in [3.63, 3.8) is 0 Å². The monoisotopic (exact) mass is 370 g/mol. The second-order valence-corrected chi connectivity index (χ2v) is 6.52. The summed E-state index contributed by atoms with van der Waals surface area (Å²) in [6, 6.07) is 15.2. The number of nitrogens with zero attached hydrogens (tertiary/aromatic N) is 1. The van der Waals surface area contributed by atoms with Crippen molar-refractivity contribution in [2.24, 2.45) is 0 Å². The summed E-state index contributed by atoms with van der Waals surface area (Å²) in [5.41, 5.74) is 2.88. The molecule has 0 bridgehead atoms. The maximum atomic E-state index is 12.0. The lowest BCUT2D eigenvalue weighted by Gasteiger charge is -2.29. The van der Waals surface area contributed by atoms with Crippen molar-refractivity contribution in [1.29, 1.82) is 0 Å². The molecule has 0 aromatic heterocycles. The zero-order valence-corrected chi connectivity index (χ0v) is 15.6. The second-order valence-electron chi connectivity index (χ2n) is 6.13. The van der Waals surface area contributed by atoms with Crippen LogP contribution in [-0.2, 0) is 9.53 Å². The van der Waals surface area contributed by atoms with Crippen LogP contribution in [0, 0.1) is 6.92 Å². The Balaban J connectivity index is 1.50. The average molecular weight is 370 g/mol. The molecule has 2 aromatic rings.